The third-order valence-corrected chi connectivity index (χ3v) is 11.8. The molecule has 0 heterocycles. The summed E-state index contributed by atoms with van der Waals surface area (Å²) in [5, 5.41) is -0.389. The standard InChI is InChI=1S/C27H37NO4S/c1-17(4-11-25(30)28-33(31,32)20-6-7-20)22-9-10-23-21-8-5-18-16-19(29)12-14-26(18,2)24(21)13-15-27(22,23)3/h4-5,8,11,16-17,20-24H,6-7,9-10,12-15H2,1-3H3,(H,28,30)/b11-4+/t17-,21?,22-,23?,24?,26+,27-/m1/s1. The summed E-state index contributed by atoms with van der Waals surface area (Å²) < 4.78 is 26.3. The average Bonchev–Trinajstić information content (AvgIpc) is 3.55. The van der Waals surface area contributed by atoms with Crippen molar-refractivity contribution in [3.8, 4) is 0 Å². The van der Waals surface area contributed by atoms with Gasteiger partial charge >= 0.3 is 0 Å². The van der Waals surface area contributed by atoms with Crippen LogP contribution in [0.2, 0.25) is 0 Å². The average molecular weight is 472 g/mol. The molecule has 1 N–H and O–H groups in total. The van der Waals surface area contributed by atoms with Gasteiger partial charge in [0.25, 0.3) is 5.91 Å². The number of nitrogens with one attached hydrogen (secondary N) is 1. The lowest BCUT2D eigenvalue weighted by molar-refractivity contribution is -0.116. The molecule has 7 atom stereocenters. The van der Waals surface area contributed by atoms with Crippen LogP contribution in [-0.2, 0) is 19.6 Å². The molecule has 3 fully saturated rings. The van der Waals surface area contributed by atoms with Crippen molar-refractivity contribution in [2.24, 2.45) is 40.4 Å². The van der Waals surface area contributed by atoms with Crippen LogP contribution >= 0.6 is 0 Å². The SMILES string of the molecule is C[C@H](/C=C/C(=O)NS(=O)(=O)C1CC1)[C@H]1CCC2C3C=CC4=CC(=O)CC[C@]4(C)C3CC[C@@]21C. The number of fused-ring (bicyclic) bond motifs is 5. The summed E-state index contributed by atoms with van der Waals surface area (Å²) in [5.41, 5.74) is 1.57. The molecule has 5 nitrogen and oxygen atoms in total. The summed E-state index contributed by atoms with van der Waals surface area (Å²) in [5.74, 6) is 2.22. The molecule has 0 aromatic carbocycles. The maximum Gasteiger partial charge on any atom is 0.257 e. The molecular formula is C27H37NO4S. The summed E-state index contributed by atoms with van der Waals surface area (Å²) in [6.07, 6.45) is 17.5. The second kappa shape index (κ2) is 7.93. The lowest BCUT2D eigenvalue weighted by Gasteiger charge is -2.56. The monoisotopic (exact) mass is 471 g/mol. The fourth-order valence-electron chi connectivity index (χ4n) is 7.91. The van der Waals surface area contributed by atoms with E-state index in [4.69, 9.17) is 0 Å². The number of sulfonamides is 1. The minimum Gasteiger partial charge on any atom is -0.295 e. The summed E-state index contributed by atoms with van der Waals surface area (Å²) in [7, 11) is -3.50. The van der Waals surface area contributed by atoms with Gasteiger partial charge in [-0.1, -0.05) is 39.0 Å². The molecule has 0 saturated heterocycles. The van der Waals surface area contributed by atoms with Crippen molar-refractivity contribution in [2.75, 3.05) is 0 Å². The van der Waals surface area contributed by atoms with Crippen LogP contribution in [0.25, 0.3) is 0 Å². The highest BCUT2D eigenvalue weighted by atomic mass is 32.2. The topological polar surface area (TPSA) is 80.3 Å². The molecule has 5 aliphatic rings. The van der Waals surface area contributed by atoms with Crippen molar-refractivity contribution in [3.05, 3.63) is 36.0 Å². The number of hydrogen-bond acceptors (Lipinski definition) is 4. The molecule has 3 saturated carbocycles. The Bertz CT molecular complexity index is 1050. The van der Waals surface area contributed by atoms with Crippen LogP contribution in [-0.4, -0.2) is 25.4 Å². The van der Waals surface area contributed by atoms with E-state index in [1.807, 2.05) is 12.2 Å². The van der Waals surface area contributed by atoms with Gasteiger partial charge in [0.2, 0.25) is 10.0 Å². The quantitative estimate of drug-likeness (QED) is 0.589. The van der Waals surface area contributed by atoms with Gasteiger partial charge < -0.3 is 0 Å². The maximum atomic E-state index is 12.2. The molecule has 3 unspecified atom stereocenters. The Hall–Kier alpha value is -1.69. The molecule has 5 aliphatic carbocycles. The van der Waals surface area contributed by atoms with E-state index >= 15 is 0 Å². The minimum absolute atomic E-state index is 0.114. The summed E-state index contributed by atoms with van der Waals surface area (Å²) in [6, 6.07) is 0. The molecule has 0 aromatic rings. The molecule has 6 heteroatoms. The van der Waals surface area contributed by atoms with Gasteiger partial charge in [-0.05, 0) is 97.0 Å². The molecule has 1 amide bonds. The minimum atomic E-state index is -3.50. The van der Waals surface area contributed by atoms with Crippen molar-refractivity contribution < 1.29 is 18.0 Å². The van der Waals surface area contributed by atoms with Gasteiger partial charge in [0, 0.05) is 12.5 Å². The third kappa shape index (κ3) is 3.86. The number of ketones is 1. The second-order valence-electron chi connectivity index (χ2n) is 11.8. The van der Waals surface area contributed by atoms with Crippen LogP contribution in [0.4, 0.5) is 0 Å². The van der Waals surface area contributed by atoms with Gasteiger partial charge in [-0.15, -0.1) is 0 Å². The fraction of sp³-hybridized carbons (Fsp3) is 0.704. The molecular weight excluding hydrogens is 434 g/mol. The molecule has 5 rings (SSSR count). The molecule has 33 heavy (non-hydrogen) atoms. The van der Waals surface area contributed by atoms with Crippen molar-refractivity contribution in [1.29, 1.82) is 0 Å². The van der Waals surface area contributed by atoms with Crippen LogP contribution in [0.15, 0.2) is 36.0 Å². The Kier molecular flexibility index (Phi) is 5.54. The molecule has 0 aromatic heterocycles. The van der Waals surface area contributed by atoms with Gasteiger partial charge in [0.1, 0.15) is 0 Å². The lowest BCUT2D eigenvalue weighted by atomic mass is 9.48. The largest absolute Gasteiger partial charge is 0.295 e. The van der Waals surface area contributed by atoms with Crippen LogP contribution < -0.4 is 4.72 Å². The number of carbonyl (C=O) groups excluding carboxylic acids is 2. The van der Waals surface area contributed by atoms with E-state index in [2.05, 4.69) is 37.6 Å². The van der Waals surface area contributed by atoms with Crippen LogP contribution in [0, 0.1) is 40.4 Å². The van der Waals surface area contributed by atoms with Crippen molar-refractivity contribution >= 4 is 21.7 Å². The highest BCUT2D eigenvalue weighted by Crippen LogP contribution is 2.66. The Balaban J connectivity index is 1.31. The van der Waals surface area contributed by atoms with E-state index in [0.29, 0.717) is 42.9 Å². The predicted octanol–water partition coefficient (Wildman–Crippen LogP) is 4.71. The Labute approximate surface area is 198 Å². The highest BCUT2D eigenvalue weighted by Gasteiger charge is 2.58. The summed E-state index contributed by atoms with van der Waals surface area (Å²) >= 11 is 0. The van der Waals surface area contributed by atoms with Crippen molar-refractivity contribution in [2.45, 2.75) is 77.4 Å². The second-order valence-corrected chi connectivity index (χ2v) is 13.8. The number of amides is 1. The zero-order valence-electron chi connectivity index (χ0n) is 20.0. The first-order valence-electron chi connectivity index (χ1n) is 12.7. The molecule has 180 valence electrons. The fourth-order valence-corrected chi connectivity index (χ4v) is 9.18. The Morgan fingerprint density at radius 3 is 2.61 bits per heavy atom. The van der Waals surface area contributed by atoms with Crippen LogP contribution in [0.5, 0.6) is 0 Å². The summed E-state index contributed by atoms with van der Waals surface area (Å²) in [4.78, 5) is 24.3. The van der Waals surface area contributed by atoms with E-state index < -0.39 is 15.9 Å². The number of rotatable bonds is 5. The molecule has 0 aliphatic heterocycles. The summed E-state index contributed by atoms with van der Waals surface area (Å²) in [6.45, 7) is 7.00. The zero-order chi connectivity index (χ0) is 23.6. The maximum absolute atomic E-state index is 12.2. The van der Waals surface area contributed by atoms with E-state index in [-0.39, 0.29) is 27.8 Å². The van der Waals surface area contributed by atoms with Crippen molar-refractivity contribution in [3.63, 3.8) is 0 Å². The van der Waals surface area contributed by atoms with E-state index in [1.54, 1.807) is 0 Å². The van der Waals surface area contributed by atoms with E-state index in [0.717, 1.165) is 12.8 Å². The number of allylic oxidation sites excluding steroid dienone is 5. The van der Waals surface area contributed by atoms with Gasteiger partial charge in [0.05, 0.1) is 5.25 Å². The predicted molar refractivity (Wildman–Crippen MR) is 128 cm³/mol. The van der Waals surface area contributed by atoms with Crippen LogP contribution in [0.1, 0.15) is 72.1 Å². The smallest absolute Gasteiger partial charge is 0.257 e. The Morgan fingerprint density at radius 1 is 1.12 bits per heavy atom. The van der Waals surface area contributed by atoms with E-state index in [9.17, 15) is 18.0 Å². The first kappa shape index (κ1) is 23.1. The van der Waals surface area contributed by atoms with Gasteiger partial charge in [-0.2, -0.15) is 0 Å². The first-order chi connectivity index (χ1) is 15.5. The molecule has 0 radical (unpaired) electrons. The Morgan fingerprint density at radius 2 is 1.88 bits per heavy atom. The first-order valence-corrected chi connectivity index (χ1v) is 14.3. The van der Waals surface area contributed by atoms with Crippen molar-refractivity contribution in [1.82, 2.24) is 4.72 Å². The lowest BCUT2D eigenvalue weighted by Crippen LogP contribution is -2.49. The van der Waals surface area contributed by atoms with Gasteiger partial charge in [0.15, 0.2) is 5.78 Å². The van der Waals surface area contributed by atoms with Crippen LogP contribution in [0.3, 0.4) is 0 Å². The zero-order valence-corrected chi connectivity index (χ0v) is 20.9. The number of carbonyl (C=O) groups is 2. The third-order valence-electron chi connectivity index (χ3n) is 9.98. The molecule has 0 spiro atoms. The van der Waals surface area contributed by atoms with E-state index in [1.165, 1.54) is 30.9 Å². The van der Waals surface area contributed by atoms with Gasteiger partial charge in [-0.3, -0.25) is 9.59 Å². The highest BCUT2D eigenvalue weighted by molar-refractivity contribution is 7.91. The van der Waals surface area contributed by atoms with Gasteiger partial charge in [-0.25, -0.2) is 13.1 Å². The molecule has 0 bridgehead atoms. The number of hydrogen-bond donors (Lipinski definition) is 1. The normalized spacial score (nSPS) is 41.2.